The van der Waals surface area contributed by atoms with Crippen LogP contribution in [0, 0.1) is 6.92 Å². The van der Waals surface area contributed by atoms with Crippen LogP contribution in [0.15, 0.2) is 35.7 Å². The second-order valence-electron chi connectivity index (χ2n) is 4.21. The van der Waals surface area contributed by atoms with E-state index < -0.39 is 0 Å². The molecule has 90 valence electrons. The maximum atomic E-state index is 6.20. The first-order chi connectivity index (χ1) is 8.16. The Kier molecular flexibility index (Phi) is 4.21. The van der Waals surface area contributed by atoms with E-state index in [1.807, 2.05) is 6.07 Å². The van der Waals surface area contributed by atoms with Crippen molar-refractivity contribution in [1.82, 2.24) is 5.32 Å². The van der Waals surface area contributed by atoms with Crippen molar-refractivity contribution in [3.8, 4) is 0 Å². The molecule has 0 aliphatic carbocycles. The van der Waals surface area contributed by atoms with E-state index >= 15 is 0 Å². The second-order valence-corrected chi connectivity index (χ2v) is 5.60. The maximum absolute atomic E-state index is 6.20. The van der Waals surface area contributed by atoms with Crippen LogP contribution in [0.5, 0.6) is 0 Å². The average molecular weight is 266 g/mol. The molecule has 1 N–H and O–H groups in total. The molecule has 2 rings (SSSR count). The lowest BCUT2D eigenvalue weighted by Gasteiger charge is -2.13. The minimum atomic E-state index is 0.368. The Morgan fingerprint density at radius 3 is 2.82 bits per heavy atom. The Bertz CT molecular complexity index is 479. The van der Waals surface area contributed by atoms with Gasteiger partial charge in [0.1, 0.15) is 0 Å². The molecule has 0 radical (unpaired) electrons. The Hall–Kier alpha value is -0.830. The quantitative estimate of drug-likeness (QED) is 0.855. The van der Waals surface area contributed by atoms with Crippen molar-refractivity contribution >= 4 is 22.9 Å². The summed E-state index contributed by atoms with van der Waals surface area (Å²) in [5.41, 5.74) is 2.35. The minimum absolute atomic E-state index is 0.368. The molecule has 0 aliphatic rings. The topological polar surface area (TPSA) is 12.0 Å². The van der Waals surface area contributed by atoms with Crippen molar-refractivity contribution in [3.63, 3.8) is 0 Å². The summed E-state index contributed by atoms with van der Waals surface area (Å²) in [6.07, 6.45) is 0. The van der Waals surface area contributed by atoms with Crippen LogP contribution in [0.4, 0.5) is 0 Å². The molecule has 1 nitrogen and oxygen atoms in total. The molecular formula is C14H16ClNS. The van der Waals surface area contributed by atoms with E-state index in [9.17, 15) is 0 Å². The molecule has 0 spiro atoms. The molecule has 0 amide bonds. The fraction of sp³-hybridized carbons (Fsp3) is 0.286. The molecular weight excluding hydrogens is 250 g/mol. The number of aryl methyl sites for hydroxylation is 1. The summed E-state index contributed by atoms with van der Waals surface area (Å²) in [5, 5.41) is 6.43. The highest BCUT2D eigenvalue weighted by molar-refractivity contribution is 7.10. The van der Waals surface area contributed by atoms with E-state index in [0.29, 0.717) is 6.04 Å². The summed E-state index contributed by atoms with van der Waals surface area (Å²) in [6.45, 7) is 5.03. The molecule has 1 heterocycles. The van der Waals surface area contributed by atoms with Crippen LogP contribution in [-0.4, -0.2) is 0 Å². The van der Waals surface area contributed by atoms with Gasteiger partial charge in [-0.25, -0.2) is 0 Å². The van der Waals surface area contributed by atoms with Gasteiger partial charge in [-0.2, -0.15) is 0 Å². The molecule has 0 aliphatic heterocycles. The fourth-order valence-corrected chi connectivity index (χ4v) is 2.76. The zero-order chi connectivity index (χ0) is 12.3. The van der Waals surface area contributed by atoms with E-state index in [1.165, 1.54) is 10.4 Å². The highest BCUT2D eigenvalue weighted by atomic mass is 35.5. The molecule has 0 saturated heterocycles. The summed E-state index contributed by atoms with van der Waals surface area (Å²) in [4.78, 5) is 1.35. The van der Waals surface area contributed by atoms with Gasteiger partial charge in [0.05, 0.1) is 0 Å². The zero-order valence-corrected chi connectivity index (χ0v) is 11.6. The SMILES string of the molecule is Cc1ccc(CN[C@@H](C)c2cccs2)c(Cl)c1. The predicted molar refractivity (Wildman–Crippen MR) is 75.8 cm³/mol. The standard InChI is InChI=1S/C14H16ClNS/c1-10-5-6-12(13(15)8-10)9-16-11(2)14-4-3-7-17-14/h3-8,11,16H,9H2,1-2H3/t11-/m0/s1. The largest absolute Gasteiger partial charge is 0.305 e. The van der Waals surface area contributed by atoms with Gasteiger partial charge in [-0.15, -0.1) is 11.3 Å². The van der Waals surface area contributed by atoms with Gasteiger partial charge in [0.2, 0.25) is 0 Å². The Balaban J connectivity index is 1.98. The Morgan fingerprint density at radius 1 is 1.35 bits per heavy atom. The molecule has 2 aromatic rings. The number of benzene rings is 1. The van der Waals surface area contributed by atoms with Crippen molar-refractivity contribution in [3.05, 3.63) is 56.7 Å². The number of hydrogen-bond acceptors (Lipinski definition) is 2. The third-order valence-electron chi connectivity index (χ3n) is 2.78. The number of halogens is 1. The minimum Gasteiger partial charge on any atom is -0.305 e. The van der Waals surface area contributed by atoms with Gasteiger partial charge in [0.15, 0.2) is 0 Å². The van der Waals surface area contributed by atoms with Gasteiger partial charge in [0.25, 0.3) is 0 Å². The van der Waals surface area contributed by atoms with Crippen molar-refractivity contribution in [2.24, 2.45) is 0 Å². The van der Waals surface area contributed by atoms with Crippen LogP contribution < -0.4 is 5.32 Å². The summed E-state index contributed by atoms with van der Waals surface area (Å²) in [5.74, 6) is 0. The summed E-state index contributed by atoms with van der Waals surface area (Å²) in [6, 6.07) is 10.8. The van der Waals surface area contributed by atoms with E-state index in [2.05, 4.69) is 48.8 Å². The number of thiophene rings is 1. The smallest absolute Gasteiger partial charge is 0.0453 e. The normalized spacial score (nSPS) is 12.6. The van der Waals surface area contributed by atoms with Crippen LogP contribution in [-0.2, 0) is 6.54 Å². The van der Waals surface area contributed by atoms with E-state index in [1.54, 1.807) is 11.3 Å². The molecule has 1 aromatic heterocycles. The predicted octanol–water partition coefficient (Wildman–Crippen LogP) is 4.56. The monoisotopic (exact) mass is 265 g/mol. The molecule has 17 heavy (non-hydrogen) atoms. The van der Waals surface area contributed by atoms with E-state index in [-0.39, 0.29) is 0 Å². The average Bonchev–Trinajstić information content (AvgIpc) is 2.81. The van der Waals surface area contributed by atoms with Crippen LogP contribution in [0.25, 0.3) is 0 Å². The lowest BCUT2D eigenvalue weighted by molar-refractivity contribution is 0.583. The van der Waals surface area contributed by atoms with Gasteiger partial charge >= 0.3 is 0 Å². The van der Waals surface area contributed by atoms with Crippen LogP contribution in [0.3, 0.4) is 0 Å². The fourth-order valence-electron chi connectivity index (χ4n) is 1.70. The van der Waals surface area contributed by atoms with E-state index in [4.69, 9.17) is 11.6 Å². The van der Waals surface area contributed by atoms with Crippen LogP contribution >= 0.6 is 22.9 Å². The third kappa shape index (κ3) is 3.32. The summed E-state index contributed by atoms with van der Waals surface area (Å²) in [7, 11) is 0. The first kappa shape index (κ1) is 12.6. The molecule has 0 bridgehead atoms. The van der Waals surface area contributed by atoms with Crippen molar-refractivity contribution in [1.29, 1.82) is 0 Å². The number of rotatable bonds is 4. The summed E-state index contributed by atoms with van der Waals surface area (Å²) >= 11 is 7.98. The summed E-state index contributed by atoms with van der Waals surface area (Å²) < 4.78 is 0. The molecule has 1 atom stereocenters. The lowest BCUT2D eigenvalue weighted by atomic mass is 10.1. The van der Waals surface area contributed by atoms with E-state index in [0.717, 1.165) is 17.1 Å². The first-order valence-corrected chi connectivity index (χ1v) is 6.94. The zero-order valence-electron chi connectivity index (χ0n) is 10.0. The molecule has 3 heteroatoms. The van der Waals surface area contributed by atoms with Crippen molar-refractivity contribution in [2.45, 2.75) is 26.4 Å². The maximum Gasteiger partial charge on any atom is 0.0453 e. The van der Waals surface area contributed by atoms with Gasteiger partial charge in [-0.3, -0.25) is 0 Å². The molecule has 0 unspecified atom stereocenters. The van der Waals surface area contributed by atoms with Crippen molar-refractivity contribution < 1.29 is 0 Å². The number of hydrogen-bond donors (Lipinski definition) is 1. The molecule has 1 aromatic carbocycles. The third-order valence-corrected chi connectivity index (χ3v) is 4.18. The highest BCUT2D eigenvalue weighted by Gasteiger charge is 2.07. The van der Waals surface area contributed by atoms with Gasteiger partial charge in [-0.05, 0) is 42.5 Å². The van der Waals surface area contributed by atoms with Crippen LogP contribution in [0.2, 0.25) is 5.02 Å². The lowest BCUT2D eigenvalue weighted by Crippen LogP contribution is -2.17. The van der Waals surface area contributed by atoms with Gasteiger partial charge in [-0.1, -0.05) is 29.8 Å². The van der Waals surface area contributed by atoms with Crippen LogP contribution in [0.1, 0.15) is 29.0 Å². The van der Waals surface area contributed by atoms with Gasteiger partial charge in [0, 0.05) is 22.5 Å². The Morgan fingerprint density at radius 2 is 2.18 bits per heavy atom. The first-order valence-electron chi connectivity index (χ1n) is 5.68. The molecule has 0 fully saturated rings. The van der Waals surface area contributed by atoms with Gasteiger partial charge < -0.3 is 5.32 Å². The highest BCUT2D eigenvalue weighted by Crippen LogP contribution is 2.21. The van der Waals surface area contributed by atoms with Crippen molar-refractivity contribution in [2.75, 3.05) is 0 Å². The second kappa shape index (κ2) is 5.67. The Labute approximate surface area is 111 Å². The number of nitrogens with one attached hydrogen (secondary N) is 1. The molecule has 0 saturated carbocycles.